The van der Waals surface area contributed by atoms with E-state index in [2.05, 4.69) is 27.8 Å². The third kappa shape index (κ3) is 4.45. The van der Waals surface area contributed by atoms with E-state index in [0.717, 1.165) is 38.0 Å². The van der Waals surface area contributed by atoms with Gasteiger partial charge in [0, 0.05) is 25.7 Å². The van der Waals surface area contributed by atoms with Crippen LogP contribution in [0.5, 0.6) is 0 Å². The third-order valence-electron chi connectivity index (χ3n) is 3.34. The Bertz CT molecular complexity index is 416. The van der Waals surface area contributed by atoms with Crippen LogP contribution >= 0.6 is 0 Å². The van der Waals surface area contributed by atoms with Gasteiger partial charge in [0.25, 0.3) is 0 Å². The molecule has 1 saturated heterocycles. The van der Waals surface area contributed by atoms with E-state index in [1.54, 1.807) is 6.07 Å². The summed E-state index contributed by atoms with van der Waals surface area (Å²) in [6.45, 7) is 4.34. The molecular weight excluding hydrogens is 256 g/mol. The summed E-state index contributed by atoms with van der Waals surface area (Å²) < 4.78 is 5.25. The first kappa shape index (κ1) is 14.7. The van der Waals surface area contributed by atoms with Crippen molar-refractivity contribution in [3.63, 3.8) is 0 Å². The van der Waals surface area contributed by atoms with Crippen molar-refractivity contribution in [1.82, 2.24) is 10.2 Å². The molecule has 0 atom stereocenters. The summed E-state index contributed by atoms with van der Waals surface area (Å²) in [5, 5.41) is 14.1. The van der Waals surface area contributed by atoms with Gasteiger partial charge in [0.2, 0.25) is 5.91 Å². The molecule has 0 radical (unpaired) electrons. The summed E-state index contributed by atoms with van der Waals surface area (Å²) in [5.74, 6) is 1.27. The molecule has 0 spiro atoms. The highest BCUT2D eigenvalue weighted by Gasteiger charge is 2.21. The highest BCUT2D eigenvalue weighted by molar-refractivity contribution is 5.91. The fourth-order valence-corrected chi connectivity index (χ4v) is 2.07. The largest absolute Gasteiger partial charge is 0.381 e. The van der Waals surface area contributed by atoms with Crippen molar-refractivity contribution >= 4 is 17.5 Å². The molecule has 1 aromatic rings. The molecule has 2 rings (SSSR count). The van der Waals surface area contributed by atoms with E-state index in [0.29, 0.717) is 19.0 Å². The average Bonchev–Trinajstić information content (AvgIpc) is 2.50. The number of rotatable bonds is 6. The van der Waals surface area contributed by atoms with E-state index in [9.17, 15) is 4.79 Å². The van der Waals surface area contributed by atoms with Gasteiger partial charge in [-0.2, -0.15) is 0 Å². The summed E-state index contributed by atoms with van der Waals surface area (Å²) in [7, 11) is 0. The van der Waals surface area contributed by atoms with Gasteiger partial charge in [0.15, 0.2) is 5.82 Å². The van der Waals surface area contributed by atoms with E-state index in [1.165, 1.54) is 0 Å². The molecule has 1 amide bonds. The molecule has 110 valence electrons. The van der Waals surface area contributed by atoms with Gasteiger partial charge in [-0.05, 0) is 31.4 Å². The van der Waals surface area contributed by atoms with Crippen LogP contribution in [-0.2, 0) is 9.53 Å². The quantitative estimate of drug-likeness (QED) is 0.779. The van der Waals surface area contributed by atoms with Crippen LogP contribution in [-0.4, -0.2) is 35.9 Å². The summed E-state index contributed by atoms with van der Waals surface area (Å²) in [5.41, 5.74) is 0. The van der Waals surface area contributed by atoms with Crippen LogP contribution in [0.2, 0.25) is 0 Å². The molecule has 1 aromatic heterocycles. The van der Waals surface area contributed by atoms with E-state index in [4.69, 9.17) is 4.74 Å². The van der Waals surface area contributed by atoms with Crippen molar-refractivity contribution in [2.24, 2.45) is 5.92 Å². The van der Waals surface area contributed by atoms with Gasteiger partial charge in [0.1, 0.15) is 5.82 Å². The lowest BCUT2D eigenvalue weighted by Gasteiger charge is -2.20. The molecule has 6 nitrogen and oxygen atoms in total. The van der Waals surface area contributed by atoms with Crippen LogP contribution in [0.25, 0.3) is 0 Å². The molecule has 0 saturated carbocycles. The minimum Gasteiger partial charge on any atom is -0.381 e. The molecule has 2 N–H and O–H groups in total. The summed E-state index contributed by atoms with van der Waals surface area (Å²) >= 11 is 0. The molecule has 2 heterocycles. The first-order valence-electron chi connectivity index (χ1n) is 7.26. The number of nitrogens with zero attached hydrogens (tertiary/aromatic N) is 2. The van der Waals surface area contributed by atoms with Crippen LogP contribution in [0.1, 0.15) is 32.6 Å². The molecule has 0 bridgehead atoms. The summed E-state index contributed by atoms with van der Waals surface area (Å²) in [6.07, 6.45) is 3.79. The maximum Gasteiger partial charge on any atom is 0.228 e. The Hall–Kier alpha value is -1.69. The fourth-order valence-electron chi connectivity index (χ4n) is 2.07. The Labute approximate surface area is 119 Å². The molecule has 1 aliphatic heterocycles. The monoisotopic (exact) mass is 278 g/mol. The minimum atomic E-state index is 0.00860. The Balaban J connectivity index is 1.81. The number of hydrogen-bond donors (Lipinski definition) is 2. The van der Waals surface area contributed by atoms with Crippen molar-refractivity contribution in [3.05, 3.63) is 12.1 Å². The number of carbonyl (C=O) groups is 1. The lowest BCUT2D eigenvalue weighted by Crippen LogP contribution is -2.28. The number of unbranched alkanes of at least 4 members (excludes halogenated alkanes) is 1. The fraction of sp³-hybridized carbons (Fsp3) is 0.643. The first-order valence-corrected chi connectivity index (χ1v) is 7.26. The molecule has 1 aliphatic rings. The van der Waals surface area contributed by atoms with Gasteiger partial charge in [-0.15, -0.1) is 10.2 Å². The number of ether oxygens (including phenoxy) is 1. The smallest absolute Gasteiger partial charge is 0.228 e. The lowest BCUT2D eigenvalue weighted by molar-refractivity contribution is -0.122. The normalized spacial score (nSPS) is 15.8. The lowest BCUT2D eigenvalue weighted by atomic mass is 9.99. The van der Waals surface area contributed by atoms with Crippen molar-refractivity contribution in [2.75, 3.05) is 30.4 Å². The Morgan fingerprint density at radius 2 is 2.00 bits per heavy atom. The van der Waals surface area contributed by atoms with Gasteiger partial charge in [-0.3, -0.25) is 4.79 Å². The van der Waals surface area contributed by atoms with E-state index < -0.39 is 0 Å². The van der Waals surface area contributed by atoms with Crippen molar-refractivity contribution in [1.29, 1.82) is 0 Å². The zero-order valence-electron chi connectivity index (χ0n) is 11.9. The molecule has 20 heavy (non-hydrogen) atoms. The predicted molar refractivity (Wildman–Crippen MR) is 77.6 cm³/mol. The maximum absolute atomic E-state index is 12.0. The zero-order valence-corrected chi connectivity index (χ0v) is 11.9. The number of carbonyl (C=O) groups excluding carboxylic acids is 1. The van der Waals surface area contributed by atoms with Crippen LogP contribution in [0, 0.1) is 5.92 Å². The Morgan fingerprint density at radius 1 is 1.30 bits per heavy atom. The minimum absolute atomic E-state index is 0.00860. The molecule has 6 heteroatoms. The van der Waals surface area contributed by atoms with Gasteiger partial charge in [0.05, 0.1) is 0 Å². The van der Waals surface area contributed by atoms with Gasteiger partial charge in [-0.1, -0.05) is 13.3 Å². The number of aromatic nitrogens is 2. The Kier molecular flexibility index (Phi) is 5.73. The molecule has 0 aliphatic carbocycles. The maximum atomic E-state index is 12.0. The molecule has 0 aromatic carbocycles. The van der Waals surface area contributed by atoms with Gasteiger partial charge < -0.3 is 15.4 Å². The van der Waals surface area contributed by atoms with E-state index in [1.807, 2.05) is 6.07 Å². The van der Waals surface area contributed by atoms with E-state index >= 15 is 0 Å². The number of amides is 1. The second-order valence-corrected chi connectivity index (χ2v) is 4.96. The highest BCUT2D eigenvalue weighted by Crippen LogP contribution is 2.16. The summed E-state index contributed by atoms with van der Waals surface area (Å²) in [6, 6.07) is 3.61. The van der Waals surface area contributed by atoms with Gasteiger partial charge >= 0.3 is 0 Å². The second kappa shape index (κ2) is 7.79. The third-order valence-corrected chi connectivity index (χ3v) is 3.34. The Morgan fingerprint density at radius 3 is 2.65 bits per heavy atom. The molecule has 1 fully saturated rings. The van der Waals surface area contributed by atoms with Crippen LogP contribution in [0.15, 0.2) is 12.1 Å². The standard InChI is InChI=1S/C14H22N4O2/c1-2-3-8-15-12-4-5-13(18-17-12)16-14(19)11-6-9-20-10-7-11/h4-5,11H,2-3,6-10H2,1H3,(H,15,17)(H,16,18,19). The van der Waals surface area contributed by atoms with Crippen molar-refractivity contribution < 1.29 is 9.53 Å². The van der Waals surface area contributed by atoms with Crippen LogP contribution in [0.3, 0.4) is 0 Å². The van der Waals surface area contributed by atoms with Crippen molar-refractivity contribution in [2.45, 2.75) is 32.6 Å². The summed E-state index contributed by atoms with van der Waals surface area (Å²) in [4.78, 5) is 12.0. The highest BCUT2D eigenvalue weighted by atomic mass is 16.5. The number of anilines is 2. The van der Waals surface area contributed by atoms with Gasteiger partial charge in [-0.25, -0.2) is 0 Å². The molecular formula is C14H22N4O2. The first-order chi connectivity index (χ1) is 9.79. The number of nitrogens with one attached hydrogen (secondary N) is 2. The topological polar surface area (TPSA) is 76.1 Å². The number of hydrogen-bond acceptors (Lipinski definition) is 5. The van der Waals surface area contributed by atoms with Crippen molar-refractivity contribution in [3.8, 4) is 0 Å². The zero-order chi connectivity index (χ0) is 14.2. The van der Waals surface area contributed by atoms with Crippen LogP contribution < -0.4 is 10.6 Å². The predicted octanol–water partition coefficient (Wildman–Crippen LogP) is 2.05. The SMILES string of the molecule is CCCCNc1ccc(NC(=O)C2CCOCC2)nn1. The average molecular weight is 278 g/mol. The second-order valence-electron chi connectivity index (χ2n) is 4.96. The molecule has 0 unspecified atom stereocenters. The van der Waals surface area contributed by atoms with E-state index in [-0.39, 0.29) is 11.8 Å². The van der Waals surface area contributed by atoms with Crippen LogP contribution in [0.4, 0.5) is 11.6 Å².